The first kappa shape index (κ1) is 17.0. The first-order chi connectivity index (χ1) is 13.1. The Morgan fingerprint density at radius 3 is 1.93 bits per heavy atom. The highest BCUT2D eigenvalue weighted by atomic mass is 15.1. The van der Waals surface area contributed by atoms with Gasteiger partial charge in [0.15, 0.2) is 0 Å². The van der Waals surface area contributed by atoms with E-state index in [0.29, 0.717) is 5.95 Å². The Bertz CT molecular complexity index is 1120. The maximum absolute atomic E-state index is 4.75. The summed E-state index contributed by atoms with van der Waals surface area (Å²) in [5, 5.41) is 7.78. The van der Waals surface area contributed by atoms with Crippen LogP contribution in [0.3, 0.4) is 0 Å². The average Bonchev–Trinajstić information content (AvgIpc) is 2.61. The maximum Gasteiger partial charge on any atom is 0.229 e. The predicted molar refractivity (Wildman–Crippen MR) is 113 cm³/mol. The van der Waals surface area contributed by atoms with Gasteiger partial charge in [-0.05, 0) is 73.9 Å². The van der Waals surface area contributed by atoms with Gasteiger partial charge >= 0.3 is 0 Å². The highest BCUT2D eigenvalue weighted by Gasteiger charge is 2.09. The molecule has 0 bridgehead atoms. The third-order valence-electron chi connectivity index (χ3n) is 4.41. The minimum atomic E-state index is 0.578. The van der Waals surface area contributed by atoms with Crippen molar-refractivity contribution >= 4 is 34.0 Å². The van der Waals surface area contributed by atoms with Crippen molar-refractivity contribution in [2.24, 2.45) is 0 Å². The van der Waals surface area contributed by atoms with Gasteiger partial charge in [0.25, 0.3) is 0 Å². The Morgan fingerprint density at radius 1 is 0.630 bits per heavy atom. The number of rotatable bonds is 4. The Morgan fingerprint density at radius 2 is 1.26 bits per heavy atom. The third kappa shape index (κ3) is 3.90. The van der Waals surface area contributed by atoms with Crippen molar-refractivity contribution in [2.45, 2.75) is 20.8 Å². The van der Waals surface area contributed by atoms with E-state index < -0.39 is 0 Å². The quantitative estimate of drug-likeness (QED) is 0.469. The van der Waals surface area contributed by atoms with Crippen molar-refractivity contribution in [2.75, 3.05) is 10.6 Å². The lowest BCUT2D eigenvalue weighted by Gasteiger charge is -2.13. The smallest absolute Gasteiger partial charge is 0.229 e. The normalized spacial score (nSPS) is 10.8. The second kappa shape index (κ2) is 7.08. The Kier molecular flexibility index (Phi) is 4.47. The van der Waals surface area contributed by atoms with Crippen molar-refractivity contribution in [1.29, 1.82) is 0 Å². The topological polar surface area (TPSA) is 49.8 Å². The third-order valence-corrected chi connectivity index (χ3v) is 4.41. The number of nitrogens with one attached hydrogen (secondary N) is 2. The summed E-state index contributed by atoms with van der Waals surface area (Å²) in [4.78, 5) is 9.47. The zero-order chi connectivity index (χ0) is 18.8. The van der Waals surface area contributed by atoms with Gasteiger partial charge in [0.1, 0.15) is 5.82 Å². The summed E-state index contributed by atoms with van der Waals surface area (Å²) in [6, 6.07) is 22.7. The molecule has 0 unspecified atom stereocenters. The van der Waals surface area contributed by atoms with Crippen LogP contribution in [0.15, 0.2) is 66.7 Å². The van der Waals surface area contributed by atoms with Crippen molar-refractivity contribution in [3.8, 4) is 0 Å². The number of hydrogen-bond acceptors (Lipinski definition) is 4. The molecule has 134 valence electrons. The molecule has 0 atom stereocenters. The zero-order valence-corrected chi connectivity index (χ0v) is 15.7. The summed E-state index contributed by atoms with van der Waals surface area (Å²) < 4.78 is 0. The molecule has 0 radical (unpaired) electrons. The van der Waals surface area contributed by atoms with Crippen molar-refractivity contribution in [3.05, 3.63) is 83.4 Å². The SMILES string of the molecule is Cc1cccc(Nc2nc(Nc3cccc(C)c3)c3ccc(C)cc3n2)c1. The molecule has 4 aromatic rings. The van der Waals surface area contributed by atoms with E-state index in [1.54, 1.807) is 0 Å². The number of fused-ring (bicyclic) bond motifs is 1. The number of nitrogens with zero attached hydrogens (tertiary/aromatic N) is 2. The van der Waals surface area contributed by atoms with E-state index >= 15 is 0 Å². The van der Waals surface area contributed by atoms with Gasteiger partial charge in [-0.3, -0.25) is 0 Å². The lowest BCUT2D eigenvalue weighted by molar-refractivity contribution is 1.20. The van der Waals surface area contributed by atoms with E-state index in [2.05, 4.69) is 73.9 Å². The van der Waals surface area contributed by atoms with E-state index in [1.165, 1.54) is 16.7 Å². The minimum absolute atomic E-state index is 0.578. The Hall–Kier alpha value is -3.40. The molecule has 0 aliphatic carbocycles. The highest BCUT2D eigenvalue weighted by Crippen LogP contribution is 2.27. The average molecular weight is 354 g/mol. The van der Waals surface area contributed by atoms with Crippen molar-refractivity contribution in [1.82, 2.24) is 9.97 Å². The first-order valence-corrected chi connectivity index (χ1v) is 9.03. The van der Waals surface area contributed by atoms with Crippen molar-refractivity contribution < 1.29 is 0 Å². The van der Waals surface area contributed by atoms with Gasteiger partial charge < -0.3 is 10.6 Å². The molecule has 4 rings (SSSR count). The summed E-state index contributed by atoms with van der Waals surface area (Å²) in [7, 11) is 0. The van der Waals surface area contributed by atoms with Gasteiger partial charge in [-0.25, -0.2) is 4.98 Å². The molecule has 0 amide bonds. The van der Waals surface area contributed by atoms with Crippen LogP contribution in [-0.4, -0.2) is 9.97 Å². The van der Waals surface area contributed by atoms with E-state index in [4.69, 9.17) is 9.97 Å². The minimum Gasteiger partial charge on any atom is -0.340 e. The Labute approximate surface area is 159 Å². The zero-order valence-electron chi connectivity index (χ0n) is 15.7. The maximum atomic E-state index is 4.75. The second-order valence-electron chi connectivity index (χ2n) is 6.91. The van der Waals surface area contributed by atoms with Crippen molar-refractivity contribution in [3.63, 3.8) is 0 Å². The standard InChI is InChI=1S/C23H22N4/c1-15-6-4-8-18(12-15)24-22-20-11-10-17(3)14-21(20)26-23(27-22)25-19-9-5-7-16(2)13-19/h4-14H,1-3H3,(H2,24,25,26,27). The molecule has 4 nitrogen and oxygen atoms in total. The molecule has 0 saturated heterocycles. The Balaban J connectivity index is 1.78. The van der Waals surface area contributed by atoms with Gasteiger partial charge in [0.05, 0.1) is 5.52 Å². The van der Waals surface area contributed by atoms with Crippen LogP contribution in [0.1, 0.15) is 16.7 Å². The monoisotopic (exact) mass is 354 g/mol. The van der Waals surface area contributed by atoms with Gasteiger partial charge in [0.2, 0.25) is 5.95 Å². The summed E-state index contributed by atoms with van der Waals surface area (Å²) in [5.74, 6) is 1.37. The van der Waals surface area contributed by atoms with Gasteiger partial charge in [-0.2, -0.15) is 4.98 Å². The summed E-state index contributed by atoms with van der Waals surface area (Å²) in [5.41, 5.74) is 6.46. The number of hydrogen-bond donors (Lipinski definition) is 2. The van der Waals surface area contributed by atoms with E-state index in [1.807, 2.05) is 24.3 Å². The van der Waals surface area contributed by atoms with E-state index in [9.17, 15) is 0 Å². The van der Waals surface area contributed by atoms with Gasteiger partial charge in [-0.15, -0.1) is 0 Å². The van der Waals surface area contributed by atoms with Crippen LogP contribution >= 0.6 is 0 Å². The fraction of sp³-hybridized carbons (Fsp3) is 0.130. The molecule has 0 spiro atoms. The summed E-state index contributed by atoms with van der Waals surface area (Å²) >= 11 is 0. The van der Waals surface area contributed by atoms with Crippen LogP contribution in [-0.2, 0) is 0 Å². The van der Waals surface area contributed by atoms with Crippen LogP contribution in [0.5, 0.6) is 0 Å². The van der Waals surface area contributed by atoms with Crippen LogP contribution < -0.4 is 10.6 Å². The van der Waals surface area contributed by atoms with Crippen LogP contribution in [0.4, 0.5) is 23.1 Å². The molecule has 2 N–H and O–H groups in total. The highest BCUT2D eigenvalue weighted by molar-refractivity contribution is 5.92. The van der Waals surface area contributed by atoms with Gasteiger partial charge in [-0.1, -0.05) is 30.3 Å². The number of anilines is 4. The van der Waals surface area contributed by atoms with Crippen LogP contribution in [0.25, 0.3) is 10.9 Å². The lowest BCUT2D eigenvalue weighted by atomic mass is 10.1. The largest absolute Gasteiger partial charge is 0.340 e. The molecular formula is C23H22N4. The molecule has 0 aliphatic rings. The first-order valence-electron chi connectivity index (χ1n) is 9.03. The number of aromatic nitrogens is 2. The predicted octanol–water partition coefficient (Wildman–Crippen LogP) is 6.04. The molecule has 1 heterocycles. The molecule has 0 aliphatic heterocycles. The summed E-state index contributed by atoms with van der Waals surface area (Å²) in [6.45, 7) is 6.22. The molecule has 27 heavy (non-hydrogen) atoms. The molecule has 0 fully saturated rings. The fourth-order valence-corrected chi connectivity index (χ4v) is 3.10. The van der Waals surface area contributed by atoms with E-state index in [-0.39, 0.29) is 0 Å². The molecule has 1 aromatic heterocycles. The fourth-order valence-electron chi connectivity index (χ4n) is 3.10. The van der Waals surface area contributed by atoms with Gasteiger partial charge in [0, 0.05) is 16.8 Å². The summed E-state index contributed by atoms with van der Waals surface area (Å²) in [6.07, 6.45) is 0. The number of aryl methyl sites for hydroxylation is 3. The lowest BCUT2D eigenvalue weighted by Crippen LogP contribution is -2.02. The van der Waals surface area contributed by atoms with Crippen LogP contribution in [0.2, 0.25) is 0 Å². The second-order valence-corrected chi connectivity index (χ2v) is 6.91. The molecule has 3 aromatic carbocycles. The molecule has 4 heteroatoms. The van der Waals surface area contributed by atoms with Crippen LogP contribution in [0, 0.1) is 20.8 Å². The number of benzene rings is 3. The molecular weight excluding hydrogens is 332 g/mol. The van der Waals surface area contributed by atoms with E-state index in [0.717, 1.165) is 28.1 Å². The molecule has 0 saturated carbocycles.